The summed E-state index contributed by atoms with van der Waals surface area (Å²) in [5.74, 6) is 1.29. The molecule has 0 aromatic carbocycles. The Hall–Kier alpha value is -3.14. The fourth-order valence-electron chi connectivity index (χ4n) is 1.97. The Labute approximate surface area is 147 Å². The van der Waals surface area contributed by atoms with Gasteiger partial charge in [-0.15, -0.1) is 0 Å². The van der Waals surface area contributed by atoms with Crippen molar-refractivity contribution in [1.82, 2.24) is 24.9 Å². The summed E-state index contributed by atoms with van der Waals surface area (Å²) < 4.78 is 0. The first-order valence-electron chi connectivity index (χ1n) is 7.39. The number of carbonyl (C=O) groups is 1. The zero-order chi connectivity index (χ0) is 17.8. The second kappa shape index (κ2) is 7.18. The number of nitrogens with zero attached hydrogens (tertiary/aromatic N) is 5. The van der Waals surface area contributed by atoms with Crippen molar-refractivity contribution in [2.45, 2.75) is 20.4 Å². The molecule has 0 saturated heterocycles. The van der Waals surface area contributed by atoms with Gasteiger partial charge in [0.2, 0.25) is 0 Å². The number of nitrogens with one attached hydrogen (secondary N) is 2. The zero-order valence-electron chi connectivity index (χ0n) is 13.6. The molecular weight excluding hydrogens is 340 g/mol. The molecular formula is C15H16N8OS. The molecule has 0 radical (unpaired) electrons. The number of hydrogen-bond acceptors (Lipinski definition) is 9. The van der Waals surface area contributed by atoms with Crippen molar-refractivity contribution in [3.05, 3.63) is 46.7 Å². The largest absolute Gasteiger partial charge is 0.365 e. The average Bonchev–Trinajstić information content (AvgIpc) is 3.03. The Morgan fingerprint density at radius 1 is 1.12 bits per heavy atom. The highest BCUT2D eigenvalue weighted by Crippen LogP contribution is 2.22. The van der Waals surface area contributed by atoms with Gasteiger partial charge in [0.15, 0.2) is 5.13 Å². The van der Waals surface area contributed by atoms with Crippen molar-refractivity contribution in [3.8, 4) is 0 Å². The highest BCUT2D eigenvalue weighted by Gasteiger charge is 2.09. The molecule has 0 unspecified atom stereocenters. The smallest absolute Gasteiger partial charge is 0.260 e. The molecule has 4 N–H and O–H groups in total. The van der Waals surface area contributed by atoms with Crippen LogP contribution in [0.4, 0.5) is 16.8 Å². The van der Waals surface area contributed by atoms with Crippen LogP contribution in [0.25, 0.3) is 0 Å². The van der Waals surface area contributed by atoms with Crippen LogP contribution >= 0.6 is 11.3 Å². The van der Waals surface area contributed by atoms with E-state index in [9.17, 15) is 4.79 Å². The fourth-order valence-corrected chi connectivity index (χ4v) is 2.64. The lowest BCUT2D eigenvalue weighted by Crippen LogP contribution is -2.08. The number of hydrogen-bond donors (Lipinski definition) is 3. The van der Waals surface area contributed by atoms with E-state index in [1.165, 1.54) is 6.20 Å². The van der Waals surface area contributed by atoms with Gasteiger partial charge in [-0.05, 0) is 13.8 Å². The molecule has 0 spiro atoms. The van der Waals surface area contributed by atoms with Crippen LogP contribution < -0.4 is 16.4 Å². The fraction of sp³-hybridized carbons (Fsp3) is 0.200. The Balaban J connectivity index is 1.71. The van der Waals surface area contributed by atoms with Gasteiger partial charge in [0.25, 0.3) is 5.91 Å². The average molecular weight is 356 g/mol. The predicted molar refractivity (Wildman–Crippen MR) is 94.8 cm³/mol. The summed E-state index contributed by atoms with van der Waals surface area (Å²) in [6.07, 6.45) is 4.86. The van der Waals surface area contributed by atoms with Gasteiger partial charge in [0.05, 0.1) is 30.3 Å². The van der Waals surface area contributed by atoms with E-state index in [0.717, 1.165) is 22.7 Å². The van der Waals surface area contributed by atoms with Crippen LogP contribution in [0.2, 0.25) is 0 Å². The molecule has 3 aromatic rings. The normalized spacial score (nSPS) is 10.5. The lowest BCUT2D eigenvalue weighted by Gasteiger charge is -2.08. The molecule has 3 rings (SSSR count). The van der Waals surface area contributed by atoms with Crippen LogP contribution in [-0.4, -0.2) is 30.8 Å². The number of anilines is 3. The monoisotopic (exact) mass is 356 g/mol. The maximum atomic E-state index is 11.1. The molecule has 3 heterocycles. The second-order valence-corrected chi connectivity index (χ2v) is 6.24. The molecule has 10 heteroatoms. The highest BCUT2D eigenvalue weighted by atomic mass is 32.1. The lowest BCUT2D eigenvalue weighted by molar-refractivity contribution is 0.100. The van der Waals surface area contributed by atoms with Gasteiger partial charge in [0.1, 0.15) is 22.3 Å². The molecule has 9 nitrogen and oxygen atoms in total. The van der Waals surface area contributed by atoms with Gasteiger partial charge in [-0.3, -0.25) is 14.8 Å². The minimum absolute atomic E-state index is 0.379. The van der Waals surface area contributed by atoms with E-state index in [4.69, 9.17) is 5.73 Å². The van der Waals surface area contributed by atoms with E-state index < -0.39 is 5.91 Å². The highest BCUT2D eigenvalue weighted by molar-refractivity contribution is 7.17. The zero-order valence-corrected chi connectivity index (χ0v) is 14.5. The number of amides is 1. The predicted octanol–water partition coefficient (Wildman–Crippen LogP) is 1.79. The number of primary amides is 1. The Kier molecular flexibility index (Phi) is 4.80. The first kappa shape index (κ1) is 16.7. The van der Waals surface area contributed by atoms with Crippen LogP contribution in [-0.2, 0) is 6.54 Å². The molecule has 0 saturated carbocycles. The van der Waals surface area contributed by atoms with Crippen LogP contribution in [0, 0.1) is 13.8 Å². The van der Waals surface area contributed by atoms with Gasteiger partial charge >= 0.3 is 0 Å². The van der Waals surface area contributed by atoms with Crippen LogP contribution in [0.3, 0.4) is 0 Å². The quantitative estimate of drug-likeness (QED) is 0.609. The minimum atomic E-state index is -0.508. The summed E-state index contributed by atoms with van der Waals surface area (Å²) in [5, 5.41) is 6.76. The van der Waals surface area contributed by atoms with E-state index in [1.54, 1.807) is 25.4 Å². The van der Waals surface area contributed by atoms with Crippen molar-refractivity contribution in [1.29, 1.82) is 0 Å². The number of aryl methyl sites for hydroxylation is 2. The SMILES string of the molecule is Cc1cnc(CNc2cc(Nc3ncc(C(N)=O)s3)nc(C)n2)cn1. The molecule has 0 aliphatic carbocycles. The minimum Gasteiger partial charge on any atom is -0.365 e. The third kappa shape index (κ3) is 4.44. The van der Waals surface area contributed by atoms with Crippen molar-refractivity contribution < 1.29 is 4.79 Å². The molecule has 0 aliphatic heterocycles. The van der Waals surface area contributed by atoms with E-state index in [0.29, 0.717) is 34.0 Å². The molecule has 1 amide bonds. The van der Waals surface area contributed by atoms with Gasteiger partial charge in [0, 0.05) is 12.3 Å². The van der Waals surface area contributed by atoms with Gasteiger partial charge in [-0.25, -0.2) is 15.0 Å². The molecule has 0 atom stereocenters. The first-order chi connectivity index (χ1) is 12.0. The standard InChI is InChI=1S/C15H16N8OS/c1-8-4-18-10(5-17-8)6-19-12-3-13(22-9(2)21-12)23-15-20-7-11(25-15)14(16)24/h3-5,7H,6H2,1-2H3,(H2,16,24)(H2,19,20,21,22,23). The summed E-state index contributed by atoms with van der Waals surface area (Å²) in [4.78, 5) is 32.8. The first-order valence-corrected chi connectivity index (χ1v) is 8.21. The maximum absolute atomic E-state index is 11.1. The summed E-state index contributed by atoms with van der Waals surface area (Å²) in [5.41, 5.74) is 6.91. The van der Waals surface area contributed by atoms with E-state index in [2.05, 4.69) is 35.6 Å². The number of carbonyl (C=O) groups excluding carboxylic acids is 1. The number of rotatable bonds is 6. The molecule has 0 aliphatic rings. The summed E-state index contributed by atoms with van der Waals surface area (Å²) in [6, 6.07) is 1.75. The summed E-state index contributed by atoms with van der Waals surface area (Å²) in [6.45, 7) is 4.17. The van der Waals surface area contributed by atoms with E-state index in [1.807, 2.05) is 6.92 Å². The number of aromatic nitrogens is 5. The summed E-state index contributed by atoms with van der Waals surface area (Å²) >= 11 is 1.16. The number of nitrogens with two attached hydrogens (primary N) is 1. The van der Waals surface area contributed by atoms with E-state index >= 15 is 0 Å². The Morgan fingerprint density at radius 3 is 2.60 bits per heavy atom. The van der Waals surface area contributed by atoms with Crippen LogP contribution in [0.15, 0.2) is 24.7 Å². The lowest BCUT2D eigenvalue weighted by atomic mass is 10.4. The van der Waals surface area contributed by atoms with E-state index in [-0.39, 0.29) is 0 Å². The maximum Gasteiger partial charge on any atom is 0.260 e. The topological polar surface area (TPSA) is 132 Å². The molecule has 25 heavy (non-hydrogen) atoms. The van der Waals surface area contributed by atoms with Crippen molar-refractivity contribution >= 4 is 34.0 Å². The third-order valence-electron chi connectivity index (χ3n) is 3.11. The molecule has 3 aromatic heterocycles. The van der Waals surface area contributed by atoms with Gasteiger partial charge < -0.3 is 16.4 Å². The van der Waals surface area contributed by atoms with Gasteiger partial charge in [-0.2, -0.15) is 0 Å². The number of thiazole rings is 1. The summed E-state index contributed by atoms with van der Waals surface area (Å²) in [7, 11) is 0. The molecule has 128 valence electrons. The van der Waals surface area contributed by atoms with Gasteiger partial charge in [-0.1, -0.05) is 11.3 Å². The Morgan fingerprint density at radius 2 is 1.92 bits per heavy atom. The van der Waals surface area contributed by atoms with Crippen LogP contribution in [0.1, 0.15) is 26.9 Å². The van der Waals surface area contributed by atoms with Crippen molar-refractivity contribution in [3.63, 3.8) is 0 Å². The third-order valence-corrected chi connectivity index (χ3v) is 4.03. The Bertz CT molecular complexity index is 893. The molecule has 0 bridgehead atoms. The van der Waals surface area contributed by atoms with Crippen molar-refractivity contribution in [2.75, 3.05) is 10.6 Å². The van der Waals surface area contributed by atoms with Crippen LogP contribution in [0.5, 0.6) is 0 Å². The second-order valence-electron chi connectivity index (χ2n) is 5.21. The molecule has 0 fully saturated rings. The van der Waals surface area contributed by atoms with Crippen molar-refractivity contribution in [2.24, 2.45) is 5.73 Å².